The van der Waals surface area contributed by atoms with Gasteiger partial charge in [0.15, 0.2) is 5.82 Å². The van der Waals surface area contributed by atoms with Crippen molar-refractivity contribution in [3.63, 3.8) is 0 Å². The smallest absolute Gasteiger partial charge is 0.245 e. The first-order valence-electron chi connectivity index (χ1n) is 14.2. The number of rotatable bonds is 6. The lowest BCUT2D eigenvalue weighted by Crippen LogP contribution is -2.56. The Labute approximate surface area is 241 Å². The van der Waals surface area contributed by atoms with E-state index in [9.17, 15) is 9.90 Å². The molecule has 1 unspecified atom stereocenters. The van der Waals surface area contributed by atoms with Crippen LogP contribution in [-0.4, -0.2) is 85.3 Å². The Hall–Kier alpha value is -2.88. The van der Waals surface area contributed by atoms with Gasteiger partial charge in [0, 0.05) is 53.4 Å². The van der Waals surface area contributed by atoms with Crippen LogP contribution in [0.2, 0.25) is 5.02 Å². The highest BCUT2D eigenvalue weighted by atomic mass is 35.5. The molecule has 1 aromatic carbocycles. The third-order valence-corrected chi connectivity index (χ3v) is 9.60. The molecule has 2 saturated heterocycles. The van der Waals surface area contributed by atoms with Crippen molar-refractivity contribution in [2.45, 2.75) is 84.2 Å². The van der Waals surface area contributed by atoms with Crippen molar-refractivity contribution in [3.05, 3.63) is 41.2 Å². The van der Waals surface area contributed by atoms with Gasteiger partial charge in [-0.1, -0.05) is 18.2 Å². The van der Waals surface area contributed by atoms with E-state index < -0.39 is 6.23 Å². The summed E-state index contributed by atoms with van der Waals surface area (Å²) in [6.07, 6.45) is 6.22. The lowest BCUT2D eigenvalue weighted by atomic mass is 9.85. The monoisotopic (exact) mass is 567 g/mol. The second-order valence-electron chi connectivity index (χ2n) is 12.1. The summed E-state index contributed by atoms with van der Waals surface area (Å²) in [7, 11) is 2.00. The molecule has 0 bridgehead atoms. The lowest BCUT2D eigenvalue weighted by Gasteiger charge is -2.49. The van der Waals surface area contributed by atoms with Crippen molar-refractivity contribution in [2.75, 3.05) is 31.6 Å². The van der Waals surface area contributed by atoms with E-state index in [1.54, 1.807) is 0 Å². The van der Waals surface area contributed by atoms with E-state index in [4.69, 9.17) is 16.7 Å². The van der Waals surface area contributed by atoms with Gasteiger partial charge in [0.25, 0.3) is 0 Å². The molecule has 2 aromatic heterocycles. The van der Waals surface area contributed by atoms with Gasteiger partial charge < -0.3 is 14.9 Å². The van der Waals surface area contributed by atoms with Gasteiger partial charge in [-0.2, -0.15) is 10.2 Å². The van der Waals surface area contributed by atoms with E-state index in [0.29, 0.717) is 18.1 Å². The summed E-state index contributed by atoms with van der Waals surface area (Å²) in [5.74, 6) is 0.915. The van der Waals surface area contributed by atoms with Crippen LogP contribution in [0.3, 0.4) is 0 Å². The summed E-state index contributed by atoms with van der Waals surface area (Å²) < 4.78 is 2.18. The fourth-order valence-corrected chi connectivity index (χ4v) is 6.91. The lowest BCUT2D eigenvalue weighted by molar-refractivity contribution is -0.127. The highest BCUT2D eigenvalue weighted by molar-refractivity contribution is 6.36. The first-order valence-corrected chi connectivity index (χ1v) is 14.6. The van der Waals surface area contributed by atoms with Gasteiger partial charge in [-0.05, 0) is 85.1 Å². The quantitative estimate of drug-likeness (QED) is 0.319. The minimum absolute atomic E-state index is 0.0160. The molecule has 2 N–H and O–H groups in total. The van der Waals surface area contributed by atoms with E-state index >= 15 is 0 Å². The number of aromatic nitrogens is 4. The van der Waals surface area contributed by atoms with Crippen LogP contribution in [0, 0.1) is 13.8 Å². The second kappa shape index (κ2) is 10.8. The number of nitrogens with one attached hydrogen (secondary N) is 1. The number of carbonyl (C=O) groups is 1. The molecule has 3 aromatic rings. The topological polar surface area (TPSA) is 93.5 Å². The molecule has 0 saturated carbocycles. The van der Waals surface area contributed by atoms with Gasteiger partial charge in [-0.25, -0.2) is 0 Å². The fourth-order valence-electron chi connectivity index (χ4n) is 6.66. The zero-order valence-electron chi connectivity index (χ0n) is 24.5. The Bertz CT molecular complexity index is 1420. The summed E-state index contributed by atoms with van der Waals surface area (Å²) in [6.45, 7) is 16.3. The summed E-state index contributed by atoms with van der Waals surface area (Å²) in [6, 6.07) is 2.49. The number of nitrogens with zero attached hydrogens (tertiary/aromatic N) is 6. The molecule has 2 atom stereocenters. The van der Waals surface area contributed by atoms with Crippen molar-refractivity contribution >= 4 is 34.2 Å². The Balaban J connectivity index is 1.62. The van der Waals surface area contributed by atoms with Crippen LogP contribution in [0.5, 0.6) is 0 Å². The SMILES string of the molecule is C=CC(=O)N1CCC(n2nc(N3CC[C@H](N(C)C(C)O)CC3(C)C)c(-c3c(Cl)c(C)cc4[nH]ncc34)c2C)CC1. The third-order valence-electron chi connectivity index (χ3n) is 9.12. The number of fused-ring (bicyclic) bond motifs is 1. The molecule has 1 amide bonds. The van der Waals surface area contributed by atoms with E-state index in [1.807, 2.05) is 38.1 Å². The molecule has 0 radical (unpaired) electrons. The number of aromatic amines is 1. The predicted molar refractivity (Wildman–Crippen MR) is 161 cm³/mol. The molecule has 4 heterocycles. The number of amides is 1. The van der Waals surface area contributed by atoms with E-state index in [2.05, 4.69) is 52.0 Å². The van der Waals surface area contributed by atoms with Gasteiger partial charge in [0.1, 0.15) is 6.23 Å². The fraction of sp³-hybridized carbons (Fsp3) is 0.567. The maximum atomic E-state index is 12.2. The van der Waals surface area contributed by atoms with E-state index in [-0.39, 0.29) is 23.5 Å². The highest BCUT2D eigenvalue weighted by Crippen LogP contribution is 2.47. The molecule has 40 heavy (non-hydrogen) atoms. The first kappa shape index (κ1) is 28.6. The zero-order chi connectivity index (χ0) is 28.9. The number of likely N-dealkylation sites (tertiary alicyclic amines) is 1. The largest absolute Gasteiger partial charge is 0.379 e. The summed E-state index contributed by atoms with van der Waals surface area (Å²) in [5.41, 5.74) is 4.79. The normalized spacial score (nSPS) is 20.9. The minimum atomic E-state index is -0.497. The van der Waals surface area contributed by atoms with E-state index in [0.717, 1.165) is 71.3 Å². The molecule has 5 rings (SSSR count). The Morgan fingerprint density at radius 1 is 1.25 bits per heavy atom. The van der Waals surface area contributed by atoms with Crippen molar-refractivity contribution in [1.29, 1.82) is 0 Å². The van der Waals surface area contributed by atoms with Crippen LogP contribution in [0.4, 0.5) is 5.82 Å². The number of hydrogen-bond donors (Lipinski definition) is 2. The Morgan fingerprint density at radius 3 is 2.58 bits per heavy atom. The van der Waals surface area contributed by atoms with Crippen LogP contribution in [0.15, 0.2) is 24.9 Å². The van der Waals surface area contributed by atoms with Crippen LogP contribution in [-0.2, 0) is 4.79 Å². The maximum absolute atomic E-state index is 12.2. The van der Waals surface area contributed by atoms with Crippen LogP contribution >= 0.6 is 11.6 Å². The summed E-state index contributed by atoms with van der Waals surface area (Å²) in [4.78, 5) is 18.6. The maximum Gasteiger partial charge on any atom is 0.245 e. The molecular formula is C30H42ClN7O2. The van der Waals surface area contributed by atoms with Gasteiger partial charge in [-0.3, -0.25) is 19.5 Å². The molecule has 2 aliphatic rings. The van der Waals surface area contributed by atoms with Crippen molar-refractivity contribution < 1.29 is 9.90 Å². The minimum Gasteiger partial charge on any atom is -0.379 e. The Kier molecular flexibility index (Phi) is 7.76. The average Bonchev–Trinajstić information content (AvgIpc) is 3.52. The molecule has 2 fully saturated rings. The predicted octanol–water partition coefficient (Wildman–Crippen LogP) is 5.06. The number of aliphatic hydroxyl groups is 1. The highest BCUT2D eigenvalue weighted by Gasteiger charge is 2.41. The molecule has 0 aliphatic carbocycles. The van der Waals surface area contributed by atoms with Gasteiger partial charge in [0.2, 0.25) is 5.91 Å². The molecule has 0 spiro atoms. The second-order valence-corrected chi connectivity index (χ2v) is 12.5. The van der Waals surface area contributed by atoms with Crippen molar-refractivity contribution in [3.8, 4) is 11.1 Å². The number of H-pyrrole nitrogens is 1. The zero-order valence-corrected chi connectivity index (χ0v) is 25.3. The summed E-state index contributed by atoms with van der Waals surface area (Å²) >= 11 is 7.10. The average molecular weight is 568 g/mol. The van der Waals surface area contributed by atoms with Crippen LogP contribution in [0.1, 0.15) is 63.8 Å². The summed E-state index contributed by atoms with van der Waals surface area (Å²) in [5, 5.41) is 24.8. The van der Waals surface area contributed by atoms with Gasteiger partial charge >= 0.3 is 0 Å². The number of benzene rings is 1. The van der Waals surface area contributed by atoms with Crippen LogP contribution < -0.4 is 4.90 Å². The van der Waals surface area contributed by atoms with Gasteiger partial charge in [0.05, 0.1) is 22.8 Å². The number of carbonyl (C=O) groups excluding carboxylic acids is 1. The molecule has 9 nitrogen and oxygen atoms in total. The first-order chi connectivity index (χ1) is 18.9. The van der Waals surface area contributed by atoms with Gasteiger partial charge in [-0.15, -0.1) is 0 Å². The molecule has 10 heteroatoms. The van der Waals surface area contributed by atoms with Crippen molar-refractivity contribution in [1.82, 2.24) is 29.8 Å². The Morgan fingerprint density at radius 2 is 1.95 bits per heavy atom. The number of piperidine rings is 2. The number of aliphatic hydroxyl groups excluding tert-OH is 1. The van der Waals surface area contributed by atoms with E-state index in [1.165, 1.54) is 6.08 Å². The van der Waals surface area contributed by atoms with Crippen LogP contribution in [0.25, 0.3) is 22.0 Å². The standard InChI is InChI=1S/C30H42ClN7O2/c1-8-25(40)36-12-9-21(10-13-36)38-19(3)26(27-23-17-32-33-24(23)15-18(2)28(27)31)29(34-38)37-14-11-22(16-30(37,5)6)35(7)20(4)39/h8,15,17,20-22,39H,1,9-14,16H2,2-7H3,(H,32,33)/t20?,22-/m0/s1. The number of anilines is 1. The number of aryl methyl sites for hydroxylation is 1. The molecule has 216 valence electrons. The van der Waals surface area contributed by atoms with Crippen molar-refractivity contribution in [2.24, 2.45) is 0 Å². The number of halogens is 1. The molecular weight excluding hydrogens is 526 g/mol. The third kappa shape index (κ3) is 4.92. The molecule has 2 aliphatic heterocycles. The number of hydrogen-bond acceptors (Lipinski definition) is 6.